The average molecular weight is 267 g/mol. The Balaban J connectivity index is 2.30. The fourth-order valence-corrected chi connectivity index (χ4v) is 1.81. The second kappa shape index (κ2) is 4.04. The van der Waals surface area contributed by atoms with Crippen molar-refractivity contribution >= 4 is 11.0 Å². The van der Waals surface area contributed by atoms with E-state index in [9.17, 15) is 17.6 Å². The zero-order chi connectivity index (χ0) is 13.6. The summed E-state index contributed by atoms with van der Waals surface area (Å²) in [5, 5.41) is 0.234. The van der Waals surface area contributed by atoms with Crippen molar-refractivity contribution < 1.29 is 17.6 Å². The van der Waals surface area contributed by atoms with Gasteiger partial charge in [-0.1, -0.05) is 0 Å². The smallest absolute Gasteiger partial charge is 0.249 e. The molecule has 3 heterocycles. The van der Waals surface area contributed by atoms with E-state index in [0.29, 0.717) is 11.7 Å². The van der Waals surface area contributed by atoms with Gasteiger partial charge in [-0.3, -0.25) is 0 Å². The van der Waals surface area contributed by atoms with Crippen LogP contribution in [-0.4, -0.2) is 15.0 Å². The number of aromatic nitrogens is 3. The zero-order valence-electron chi connectivity index (χ0n) is 9.22. The van der Waals surface area contributed by atoms with Crippen LogP contribution >= 0.6 is 0 Å². The first kappa shape index (κ1) is 11.6. The van der Waals surface area contributed by atoms with Crippen molar-refractivity contribution in [1.29, 1.82) is 0 Å². The van der Waals surface area contributed by atoms with Crippen LogP contribution in [0.3, 0.4) is 0 Å². The topological polar surface area (TPSA) is 41.6 Å². The van der Waals surface area contributed by atoms with E-state index in [4.69, 9.17) is 0 Å². The predicted molar refractivity (Wildman–Crippen MR) is 59.2 cm³/mol. The van der Waals surface area contributed by atoms with Crippen molar-refractivity contribution in [2.24, 2.45) is 0 Å². The molecular weight excluding hydrogens is 262 g/mol. The first-order valence-corrected chi connectivity index (χ1v) is 5.21. The molecule has 0 aliphatic rings. The molecule has 96 valence electrons. The standard InChI is InChI=1S/C12H5F4N3/c13-5-1-6-7(4-18-12(6)17-3-5)10-8(14)2-9(15)11(16)19-10/h1-4H,(H,17,18). The molecule has 19 heavy (non-hydrogen) atoms. The van der Waals surface area contributed by atoms with Crippen molar-refractivity contribution in [2.75, 3.05) is 0 Å². The Kier molecular flexibility index (Phi) is 2.48. The zero-order valence-corrected chi connectivity index (χ0v) is 9.22. The Morgan fingerprint density at radius 3 is 2.58 bits per heavy atom. The van der Waals surface area contributed by atoms with Gasteiger partial charge in [0.15, 0.2) is 11.6 Å². The van der Waals surface area contributed by atoms with Gasteiger partial charge in [0, 0.05) is 23.2 Å². The molecule has 3 rings (SSSR count). The molecule has 3 aromatic heterocycles. The number of aromatic amines is 1. The maximum absolute atomic E-state index is 13.6. The molecule has 0 radical (unpaired) electrons. The van der Waals surface area contributed by atoms with Gasteiger partial charge in [-0.15, -0.1) is 0 Å². The van der Waals surface area contributed by atoms with Gasteiger partial charge in [0.1, 0.15) is 17.2 Å². The van der Waals surface area contributed by atoms with Gasteiger partial charge >= 0.3 is 0 Å². The van der Waals surface area contributed by atoms with Gasteiger partial charge < -0.3 is 4.98 Å². The SMILES string of the molecule is Fc1cnc2[nH]cc(-c3nc(F)c(F)cc3F)c2c1. The molecule has 3 aromatic rings. The Bertz CT molecular complexity index is 782. The number of pyridine rings is 2. The summed E-state index contributed by atoms with van der Waals surface area (Å²) >= 11 is 0. The van der Waals surface area contributed by atoms with Crippen LogP contribution < -0.4 is 0 Å². The highest BCUT2D eigenvalue weighted by atomic mass is 19.2. The molecule has 0 aliphatic carbocycles. The van der Waals surface area contributed by atoms with E-state index in [2.05, 4.69) is 15.0 Å². The van der Waals surface area contributed by atoms with Crippen LogP contribution in [0.1, 0.15) is 0 Å². The molecule has 0 spiro atoms. The van der Waals surface area contributed by atoms with Crippen LogP contribution in [0.15, 0.2) is 24.5 Å². The second-order valence-electron chi connectivity index (χ2n) is 3.84. The van der Waals surface area contributed by atoms with E-state index in [1.165, 1.54) is 6.20 Å². The van der Waals surface area contributed by atoms with Crippen molar-refractivity contribution in [3.05, 3.63) is 47.9 Å². The van der Waals surface area contributed by atoms with Gasteiger partial charge in [-0.25, -0.2) is 23.1 Å². The monoisotopic (exact) mass is 267 g/mol. The molecule has 1 N–H and O–H groups in total. The first-order valence-electron chi connectivity index (χ1n) is 5.21. The van der Waals surface area contributed by atoms with Crippen molar-refractivity contribution in [1.82, 2.24) is 15.0 Å². The number of nitrogens with zero attached hydrogens (tertiary/aromatic N) is 2. The minimum Gasteiger partial charge on any atom is -0.345 e. The molecule has 0 amide bonds. The van der Waals surface area contributed by atoms with Crippen LogP contribution in [0, 0.1) is 23.4 Å². The fraction of sp³-hybridized carbons (Fsp3) is 0. The molecule has 0 saturated carbocycles. The summed E-state index contributed by atoms with van der Waals surface area (Å²) in [6.45, 7) is 0. The minimum atomic E-state index is -1.42. The Morgan fingerprint density at radius 1 is 1.00 bits per heavy atom. The van der Waals surface area contributed by atoms with Gasteiger partial charge in [-0.2, -0.15) is 4.39 Å². The highest BCUT2D eigenvalue weighted by Crippen LogP contribution is 2.29. The molecule has 0 aromatic carbocycles. The molecule has 0 bridgehead atoms. The molecule has 7 heteroatoms. The fourth-order valence-electron chi connectivity index (χ4n) is 1.81. The molecule has 0 fully saturated rings. The highest BCUT2D eigenvalue weighted by Gasteiger charge is 2.17. The van der Waals surface area contributed by atoms with Crippen LogP contribution in [0.2, 0.25) is 0 Å². The summed E-state index contributed by atoms with van der Waals surface area (Å²) in [4.78, 5) is 9.63. The third kappa shape index (κ3) is 1.83. The normalized spacial score (nSPS) is 11.2. The Morgan fingerprint density at radius 2 is 1.79 bits per heavy atom. The predicted octanol–water partition coefficient (Wildman–Crippen LogP) is 3.18. The van der Waals surface area contributed by atoms with Gasteiger partial charge in [0.25, 0.3) is 0 Å². The van der Waals surface area contributed by atoms with E-state index in [0.717, 1.165) is 12.3 Å². The highest BCUT2D eigenvalue weighted by molar-refractivity contribution is 5.92. The largest absolute Gasteiger partial charge is 0.345 e. The van der Waals surface area contributed by atoms with Crippen molar-refractivity contribution in [3.63, 3.8) is 0 Å². The third-order valence-corrected chi connectivity index (χ3v) is 2.64. The summed E-state index contributed by atoms with van der Waals surface area (Å²) in [5.74, 6) is -4.47. The lowest BCUT2D eigenvalue weighted by Gasteiger charge is -2.02. The van der Waals surface area contributed by atoms with Crippen molar-refractivity contribution in [3.8, 4) is 11.3 Å². The van der Waals surface area contributed by atoms with Crippen LogP contribution in [0.25, 0.3) is 22.3 Å². The lowest BCUT2D eigenvalue weighted by molar-refractivity contribution is 0.466. The number of fused-ring (bicyclic) bond motifs is 1. The maximum Gasteiger partial charge on any atom is 0.249 e. The lowest BCUT2D eigenvalue weighted by Crippen LogP contribution is -1.96. The van der Waals surface area contributed by atoms with E-state index < -0.39 is 29.1 Å². The summed E-state index contributed by atoms with van der Waals surface area (Å²) in [7, 11) is 0. The Hall–Kier alpha value is -2.44. The number of halogens is 4. The Labute approximate surface area is 103 Å². The van der Waals surface area contributed by atoms with Crippen molar-refractivity contribution in [2.45, 2.75) is 0 Å². The minimum absolute atomic E-state index is 0.110. The third-order valence-electron chi connectivity index (χ3n) is 2.64. The number of hydrogen-bond acceptors (Lipinski definition) is 2. The number of rotatable bonds is 1. The first-order chi connectivity index (χ1) is 9.06. The molecule has 0 atom stereocenters. The molecule has 0 aliphatic heterocycles. The molecule has 0 unspecified atom stereocenters. The van der Waals surface area contributed by atoms with Crippen LogP contribution in [0.5, 0.6) is 0 Å². The van der Waals surface area contributed by atoms with Gasteiger partial charge in [0.05, 0.1) is 6.20 Å². The maximum atomic E-state index is 13.6. The average Bonchev–Trinajstić information content (AvgIpc) is 2.76. The van der Waals surface area contributed by atoms with Gasteiger partial charge in [0.2, 0.25) is 5.95 Å². The number of H-pyrrole nitrogens is 1. The quantitative estimate of drug-likeness (QED) is 0.543. The summed E-state index contributed by atoms with van der Waals surface area (Å²) < 4.78 is 52.7. The van der Waals surface area contributed by atoms with Crippen LogP contribution in [0.4, 0.5) is 17.6 Å². The summed E-state index contributed by atoms with van der Waals surface area (Å²) in [6.07, 6.45) is 2.29. The van der Waals surface area contributed by atoms with E-state index in [-0.39, 0.29) is 10.9 Å². The second-order valence-corrected chi connectivity index (χ2v) is 3.84. The molecule has 0 saturated heterocycles. The van der Waals surface area contributed by atoms with E-state index in [1.807, 2.05) is 0 Å². The number of hydrogen-bond donors (Lipinski definition) is 1. The summed E-state index contributed by atoms with van der Waals surface area (Å²) in [6, 6.07) is 1.50. The summed E-state index contributed by atoms with van der Waals surface area (Å²) in [5.41, 5.74) is -0.00159. The van der Waals surface area contributed by atoms with E-state index >= 15 is 0 Å². The number of nitrogens with one attached hydrogen (secondary N) is 1. The van der Waals surface area contributed by atoms with Gasteiger partial charge in [-0.05, 0) is 6.07 Å². The molecular formula is C12H5F4N3. The van der Waals surface area contributed by atoms with E-state index in [1.54, 1.807) is 0 Å². The molecule has 3 nitrogen and oxygen atoms in total. The lowest BCUT2D eigenvalue weighted by atomic mass is 10.1. The van der Waals surface area contributed by atoms with Crippen LogP contribution in [-0.2, 0) is 0 Å².